The number of benzene rings is 3. The molecule has 0 saturated carbocycles. The molecule has 0 aliphatic rings. The van der Waals surface area contributed by atoms with E-state index in [0.717, 1.165) is 18.2 Å². The molecular formula is C18H6F8. The molecule has 0 unspecified atom stereocenters. The summed E-state index contributed by atoms with van der Waals surface area (Å²) in [6.45, 7) is 0. The molecule has 0 N–H and O–H groups in total. The van der Waals surface area contributed by atoms with Crippen molar-refractivity contribution in [2.75, 3.05) is 0 Å². The molecule has 0 amide bonds. The summed E-state index contributed by atoms with van der Waals surface area (Å²) in [7, 11) is 0. The lowest BCUT2D eigenvalue weighted by atomic mass is 9.93. The second-order valence-corrected chi connectivity index (χ2v) is 5.21. The minimum absolute atomic E-state index is 0.382. The number of hydrogen-bond donors (Lipinski definition) is 0. The highest BCUT2D eigenvalue weighted by Crippen LogP contribution is 2.38. The second-order valence-electron chi connectivity index (χ2n) is 5.21. The van der Waals surface area contributed by atoms with Gasteiger partial charge in [0.2, 0.25) is 5.82 Å². The Morgan fingerprint density at radius 2 is 0.885 bits per heavy atom. The van der Waals surface area contributed by atoms with Crippen LogP contribution in [0.5, 0.6) is 0 Å². The van der Waals surface area contributed by atoms with Crippen molar-refractivity contribution in [3.05, 3.63) is 82.9 Å². The molecule has 0 fully saturated rings. The summed E-state index contributed by atoms with van der Waals surface area (Å²) >= 11 is 0. The molecule has 0 atom stereocenters. The molecule has 0 saturated heterocycles. The van der Waals surface area contributed by atoms with Crippen molar-refractivity contribution in [1.29, 1.82) is 0 Å². The Morgan fingerprint density at radius 3 is 1.46 bits per heavy atom. The Balaban J connectivity index is 2.37. The van der Waals surface area contributed by atoms with Gasteiger partial charge >= 0.3 is 0 Å². The number of hydrogen-bond acceptors (Lipinski definition) is 0. The fraction of sp³-hybridized carbons (Fsp3) is 0. The Labute approximate surface area is 141 Å². The lowest BCUT2D eigenvalue weighted by Crippen LogP contribution is -2.05. The monoisotopic (exact) mass is 374 g/mol. The first kappa shape index (κ1) is 17.9. The third-order valence-corrected chi connectivity index (χ3v) is 3.73. The van der Waals surface area contributed by atoms with Crippen LogP contribution in [-0.4, -0.2) is 0 Å². The van der Waals surface area contributed by atoms with Crippen LogP contribution < -0.4 is 0 Å². The maximum absolute atomic E-state index is 14.1. The Hall–Kier alpha value is -2.90. The van der Waals surface area contributed by atoms with Gasteiger partial charge in [0, 0.05) is 5.56 Å². The first-order valence-electron chi connectivity index (χ1n) is 7.00. The molecule has 8 heteroatoms. The van der Waals surface area contributed by atoms with Crippen molar-refractivity contribution in [3.8, 4) is 22.3 Å². The highest BCUT2D eigenvalue weighted by atomic mass is 19.2. The average molecular weight is 374 g/mol. The third-order valence-electron chi connectivity index (χ3n) is 3.73. The van der Waals surface area contributed by atoms with Gasteiger partial charge in [0.1, 0.15) is 0 Å². The highest BCUT2D eigenvalue weighted by Gasteiger charge is 2.28. The summed E-state index contributed by atoms with van der Waals surface area (Å²) in [5.74, 6) is -16.0. The SMILES string of the molecule is Fc1ccc(-c2ccccc2-c2c(F)c(F)c(F)c(F)c2F)c(F)c1F. The summed E-state index contributed by atoms with van der Waals surface area (Å²) in [6, 6.07) is 5.87. The molecular weight excluding hydrogens is 368 g/mol. The van der Waals surface area contributed by atoms with E-state index in [4.69, 9.17) is 0 Å². The fourth-order valence-corrected chi connectivity index (χ4v) is 2.51. The Kier molecular flexibility index (Phi) is 4.43. The van der Waals surface area contributed by atoms with Gasteiger partial charge in [-0.05, 0) is 23.3 Å². The van der Waals surface area contributed by atoms with E-state index in [2.05, 4.69) is 0 Å². The van der Waals surface area contributed by atoms with Crippen molar-refractivity contribution in [2.24, 2.45) is 0 Å². The lowest BCUT2D eigenvalue weighted by molar-refractivity contribution is 0.381. The van der Waals surface area contributed by atoms with Gasteiger partial charge in [0.15, 0.2) is 40.7 Å². The number of rotatable bonds is 2. The zero-order valence-corrected chi connectivity index (χ0v) is 12.5. The Bertz CT molecular complexity index is 997. The normalized spacial score (nSPS) is 11.1. The zero-order valence-electron chi connectivity index (χ0n) is 12.5. The molecule has 0 nitrogen and oxygen atoms in total. The van der Waals surface area contributed by atoms with Gasteiger partial charge in [0.25, 0.3) is 0 Å². The van der Waals surface area contributed by atoms with Crippen LogP contribution in [0.15, 0.2) is 36.4 Å². The van der Waals surface area contributed by atoms with Gasteiger partial charge in [-0.3, -0.25) is 0 Å². The van der Waals surface area contributed by atoms with Crippen molar-refractivity contribution in [3.63, 3.8) is 0 Å². The summed E-state index contributed by atoms with van der Waals surface area (Å²) < 4.78 is 109. The molecule has 3 aromatic carbocycles. The fourth-order valence-electron chi connectivity index (χ4n) is 2.51. The van der Waals surface area contributed by atoms with Crippen molar-refractivity contribution < 1.29 is 35.1 Å². The molecule has 134 valence electrons. The van der Waals surface area contributed by atoms with Crippen molar-refractivity contribution >= 4 is 0 Å². The quantitative estimate of drug-likeness (QED) is 0.287. The molecule has 0 bridgehead atoms. The molecule has 0 aliphatic carbocycles. The van der Waals surface area contributed by atoms with Crippen molar-refractivity contribution in [2.45, 2.75) is 0 Å². The molecule has 0 radical (unpaired) electrons. The molecule has 0 aliphatic heterocycles. The van der Waals surface area contributed by atoms with E-state index in [1.54, 1.807) is 0 Å². The van der Waals surface area contributed by atoms with E-state index in [-0.39, 0.29) is 5.56 Å². The predicted molar refractivity (Wildman–Crippen MR) is 77.0 cm³/mol. The van der Waals surface area contributed by atoms with E-state index in [1.165, 1.54) is 12.1 Å². The van der Waals surface area contributed by atoms with Crippen LogP contribution in [0.25, 0.3) is 22.3 Å². The van der Waals surface area contributed by atoms with Gasteiger partial charge < -0.3 is 0 Å². The predicted octanol–water partition coefficient (Wildman–Crippen LogP) is 6.13. The van der Waals surface area contributed by atoms with E-state index < -0.39 is 63.2 Å². The van der Waals surface area contributed by atoms with Crippen LogP contribution in [0.3, 0.4) is 0 Å². The molecule has 3 rings (SSSR count). The molecule has 3 aromatic rings. The Morgan fingerprint density at radius 1 is 0.385 bits per heavy atom. The molecule has 0 heterocycles. The number of halogens is 8. The van der Waals surface area contributed by atoms with Gasteiger partial charge in [-0.25, -0.2) is 35.1 Å². The average Bonchev–Trinajstić information content (AvgIpc) is 2.64. The second kappa shape index (κ2) is 6.44. The molecule has 26 heavy (non-hydrogen) atoms. The highest BCUT2D eigenvalue weighted by molar-refractivity contribution is 5.84. The topological polar surface area (TPSA) is 0 Å². The largest absolute Gasteiger partial charge is 0.204 e. The van der Waals surface area contributed by atoms with Gasteiger partial charge in [-0.15, -0.1) is 0 Å². The first-order valence-corrected chi connectivity index (χ1v) is 7.00. The van der Waals surface area contributed by atoms with Gasteiger partial charge in [-0.2, -0.15) is 0 Å². The minimum atomic E-state index is -2.35. The first-order chi connectivity index (χ1) is 12.3. The standard InChI is InChI=1S/C18H6F8/c19-10-6-5-9(12(20)13(10)21)7-3-1-2-4-8(7)11-14(22)16(24)18(26)17(25)15(11)23/h1-6H. The van der Waals surface area contributed by atoms with E-state index in [9.17, 15) is 35.1 Å². The van der Waals surface area contributed by atoms with Crippen LogP contribution >= 0.6 is 0 Å². The van der Waals surface area contributed by atoms with E-state index in [1.807, 2.05) is 0 Å². The summed E-state index contributed by atoms with van der Waals surface area (Å²) in [4.78, 5) is 0. The van der Waals surface area contributed by atoms with Crippen LogP contribution in [0.4, 0.5) is 35.1 Å². The van der Waals surface area contributed by atoms with Crippen LogP contribution in [0.1, 0.15) is 0 Å². The molecule has 0 aromatic heterocycles. The van der Waals surface area contributed by atoms with Crippen LogP contribution in [-0.2, 0) is 0 Å². The van der Waals surface area contributed by atoms with Crippen molar-refractivity contribution in [1.82, 2.24) is 0 Å². The summed E-state index contributed by atoms with van der Waals surface area (Å²) in [5.41, 5.74) is -2.87. The minimum Gasteiger partial charge on any atom is -0.204 e. The van der Waals surface area contributed by atoms with Crippen LogP contribution in [0.2, 0.25) is 0 Å². The zero-order chi connectivity index (χ0) is 19.2. The summed E-state index contributed by atoms with van der Waals surface area (Å²) in [5, 5.41) is 0. The van der Waals surface area contributed by atoms with Gasteiger partial charge in [-0.1, -0.05) is 24.3 Å². The maximum Gasteiger partial charge on any atom is 0.200 e. The molecule has 0 spiro atoms. The van der Waals surface area contributed by atoms with E-state index in [0.29, 0.717) is 6.07 Å². The van der Waals surface area contributed by atoms with Gasteiger partial charge in [0.05, 0.1) is 5.56 Å². The lowest BCUT2D eigenvalue weighted by Gasteiger charge is -2.14. The summed E-state index contributed by atoms with van der Waals surface area (Å²) in [6.07, 6.45) is 0. The smallest absolute Gasteiger partial charge is 0.200 e. The van der Waals surface area contributed by atoms with E-state index >= 15 is 0 Å². The van der Waals surface area contributed by atoms with Crippen LogP contribution in [0, 0.1) is 46.5 Å². The maximum atomic E-state index is 14.1. The third kappa shape index (κ3) is 2.61.